The van der Waals surface area contributed by atoms with Gasteiger partial charge < -0.3 is 14.5 Å². The number of aryl methyl sites for hydroxylation is 1. The second-order valence-corrected chi connectivity index (χ2v) is 8.68. The minimum Gasteiger partial charge on any atom is -0.469 e. The molecule has 2 heterocycles. The van der Waals surface area contributed by atoms with Gasteiger partial charge in [0.2, 0.25) is 5.91 Å². The lowest BCUT2D eigenvalue weighted by atomic mass is 10.2. The molecule has 0 saturated carbocycles. The number of anilines is 1. The second kappa shape index (κ2) is 10.4. The summed E-state index contributed by atoms with van der Waals surface area (Å²) < 4.78 is 12.5. The maximum Gasteiger partial charge on any atom is 0.338 e. The van der Waals surface area contributed by atoms with Crippen LogP contribution in [-0.4, -0.2) is 38.5 Å². The molecule has 0 spiro atoms. The van der Waals surface area contributed by atoms with Gasteiger partial charge in [0.25, 0.3) is 0 Å². The van der Waals surface area contributed by atoms with Gasteiger partial charge in [-0.2, -0.15) is 0 Å². The van der Waals surface area contributed by atoms with Gasteiger partial charge in [-0.05, 0) is 63.2 Å². The number of thioether (sulfide) groups is 1. The molecule has 0 atom stereocenters. The van der Waals surface area contributed by atoms with Gasteiger partial charge in [-0.3, -0.25) is 9.36 Å². The number of rotatable bonds is 8. The number of carbonyl (C=O) groups is 2. The second-order valence-electron chi connectivity index (χ2n) is 7.74. The van der Waals surface area contributed by atoms with Crippen LogP contribution in [0.3, 0.4) is 0 Å². The van der Waals surface area contributed by atoms with Crippen molar-refractivity contribution in [2.75, 3.05) is 11.1 Å². The number of nitrogens with one attached hydrogen (secondary N) is 1. The van der Waals surface area contributed by atoms with E-state index in [9.17, 15) is 9.59 Å². The van der Waals surface area contributed by atoms with Crippen molar-refractivity contribution in [3.05, 3.63) is 78.3 Å². The molecule has 0 bridgehead atoms. The number of furan rings is 1. The minimum atomic E-state index is -0.396. The fraction of sp³-hybridized carbons (Fsp3) is 0.200. The number of hydrogen-bond acceptors (Lipinski definition) is 7. The normalized spacial score (nSPS) is 10.9. The van der Waals surface area contributed by atoms with Crippen LogP contribution in [0.15, 0.2) is 76.5 Å². The summed E-state index contributed by atoms with van der Waals surface area (Å²) >= 11 is 1.28. The number of esters is 1. The molecular weight excluding hydrogens is 452 g/mol. The molecule has 0 fully saturated rings. The van der Waals surface area contributed by atoms with Gasteiger partial charge in [-0.25, -0.2) is 4.79 Å². The van der Waals surface area contributed by atoms with Gasteiger partial charge in [0.15, 0.2) is 11.0 Å². The van der Waals surface area contributed by atoms with Crippen molar-refractivity contribution in [1.29, 1.82) is 0 Å². The molecule has 2 aromatic heterocycles. The van der Waals surface area contributed by atoms with Gasteiger partial charge >= 0.3 is 5.97 Å². The molecule has 34 heavy (non-hydrogen) atoms. The average molecular weight is 477 g/mol. The Bertz CT molecular complexity index is 1280. The third-order valence-electron chi connectivity index (χ3n) is 4.83. The molecule has 0 unspecified atom stereocenters. The molecule has 1 amide bonds. The van der Waals surface area contributed by atoms with Crippen LogP contribution in [0, 0.1) is 6.92 Å². The summed E-state index contributed by atoms with van der Waals surface area (Å²) in [5.74, 6) is 0.911. The van der Waals surface area contributed by atoms with Crippen LogP contribution in [0.1, 0.15) is 30.0 Å². The highest BCUT2D eigenvalue weighted by Crippen LogP contribution is 2.30. The van der Waals surface area contributed by atoms with E-state index in [1.165, 1.54) is 11.8 Å². The van der Waals surface area contributed by atoms with Crippen molar-refractivity contribution >= 4 is 29.3 Å². The number of para-hydroxylation sites is 1. The van der Waals surface area contributed by atoms with Crippen molar-refractivity contribution in [3.63, 3.8) is 0 Å². The Morgan fingerprint density at radius 1 is 1.06 bits per heavy atom. The van der Waals surface area contributed by atoms with Crippen LogP contribution in [0.4, 0.5) is 5.69 Å². The van der Waals surface area contributed by atoms with Crippen LogP contribution < -0.4 is 5.32 Å². The predicted molar refractivity (Wildman–Crippen MR) is 130 cm³/mol. The molecule has 4 aromatic rings. The molecule has 0 aliphatic carbocycles. The zero-order valence-corrected chi connectivity index (χ0v) is 19.8. The van der Waals surface area contributed by atoms with E-state index in [0.29, 0.717) is 22.2 Å². The van der Waals surface area contributed by atoms with Crippen molar-refractivity contribution in [1.82, 2.24) is 14.8 Å². The molecule has 0 aliphatic rings. The van der Waals surface area contributed by atoms with Crippen LogP contribution in [0.5, 0.6) is 0 Å². The SMILES string of the molecule is Cc1occc1-c1nnc(SCC(=O)Nc2ccc(C(=O)OC(C)C)cc2)n1-c1ccccc1. The van der Waals surface area contributed by atoms with Crippen molar-refractivity contribution in [2.45, 2.75) is 32.0 Å². The molecule has 1 N–H and O–H groups in total. The van der Waals surface area contributed by atoms with Gasteiger partial charge in [-0.15, -0.1) is 10.2 Å². The Hall–Kier alpha value is -3.85. The Kier molecular flexibility index (Phi) is 7.12. The number of amides is 1. The lowest BCUT2D eigenvalue weighted by Gasteiger charge is -2.10. The zero-order valence-electron chi connectivity index (χ0n) is 19.0. The number of ether oxygens (including phenoxy) is 1. The van der Waals surface area contributed by atoms with E-state index in [1.54, 1.807) is 44.4 Å². The maximum atomic E-state index is 12.6. The van der Waals surface area contributed by atoms with Gasteiger partial charge in [0.1, 0.15) is 5.76 Å². The Morgan fingerprint density at radius 3 is 2.44 bits per heavy atom. The first-order chi connectivity index (χ1) is 16.4. The smallest absolute Gasteiger partial charge is 0.338 e. The number of benzene rings is 2. The van der Waals surface area contributed by atoms with Crippen LogP contribution >= 0.6 is 11.8 Å². The molecule has 0 radical (unpaired) electrons. The summed E-state index contributed by atoms with van der Waals surface area (Å²) in [6, 6.07) is 18.2. The maximum absolute atomic E-state index is 12.6. The highest BCUT2D eigenvalue weighted by atomic mass is 32.2. The lowest BCUT2D eigenvalue weighted by molar-refractivity contribution is -0.113. The molecular formula is C25H24N4O4S. The van der Waals surface area contributed by atoms with E-state index in [0.717, 1.165) is 17.0 Å². The van der Waals surface area contributed by atoms with Gasteiger partial charge in [0.05, 0.1) is 29.2 Å². The Morgan fingerprint density at radius 2 is 1.79 bits per heavy atom. The number of aromatic nitrogens is 3. The summed E-state index contributed by atoms with van der Waals surface area (Å²) in [5, 5.41) is 12.1. The monoisotopic (exact) mass is 476 g/mol. The highest BCUT2D eigenvalue weighted by Gasteiger charge is 2.19. The van der Waals surface area contributed by atoms with E-state index in [2.05, 4.69) is 15.5 Å². The fourth-order valence-corrected chi connectivity index (χ4v) is 4.02. The third-order valence-corrected chi connectivity index (χ3v) is 5.76. The summed E-state index contributed by atoms with van der Waals surface area (Å²) in [7, 11) is 0. The standard InChI is InChI=1S/C25H24N4O4S/c1-16(2)33-24(31)18-9-11-19(12-10-18)26-22(30)15-34-25-28-27-23(21-13-14-32-17(21)3)29(25)20-7-5-4-6-8-20/h4-14,16H,15H2,1-3H3,(H,26,30). The summed E-state index contributed by atoms with van der Waals surface area (Å²) in [6.07, 6.45) is 1.42. The number of carbonyl (C=O) groups excluding carboxylic acids is 2. The summed E-state index contributed by atoms with van der Waals surface area (Å²) in [4.78, 5) is 24.6. The Balaban J connectivity index is 1.46. The molecule has 2 aromatic carbocycles. The van der Waals surface area contributed by atoms with Crippen molar-refractivity contribution < 1.29 is 18.7 Å². The predicted octanol–water partition coefficient (Wildman–Crippen LogP) is 5.13. The number of hydrogen-bond donors (Lipinski definition) is 1. The first kappa shape index (κ1) is 23.3. The van der Waals surface area contributed by atoms with E-state index >= 15 is 0 Å². The topological polar surface area (TPSA) is 99.2 Å². The largest absolute Gasteiger partial charge is 0.469 e. The Labute approximate surface area is 201 Å². The molecule has 0 aliphatic heterocycles. The first-order valence-corrected chi connectivity index (χ1v) is 11.7. The highest BCUT2D eigenvalue weighted by molar-refractivity contribution is 7.99. The molecule has 4 rings (SSSR count). The van der Waals surface area contributed by atoms with E-state index in [-0.39, 0.29) is 17.8 Å². The molecule has 8 nitrogen and oxygen atoms in total. The lowest BCUT2D eigenvalue weighted by Crippen LogP contribution is -2.15. The van der Waals surface area contributed by atoms with Gasteiger partial charge in [-0.1, -0.05) is 30.0 Å². The number of nitrogens with zero attached hydrogens (tertiary/aromatic N) is 3. The quantitative estimate of drug-likeness (QED) is 0.278. The van der Waals surface area contributed by atoms with Crippen LogP contribution in [-0.2, 0) is 9.53 Å². The van der Waals surface area contributed by atoms with Crippen molar-refractivity contribution in [3.8, 4) is 17.1 Å². The van der Waals surface area contributed by atoms with Crippen LogP contribution in [0.25, 0.3) is 17.1 Å². The van der Waals surface area contributed by atoms with E-state index in [1.807, 2.05) is 47.9 Å². The molecule has 0 saturated heterocycles. The van der Waals surface area contributed by atoms with Crippen LogP contribution in [0.2, 0.25) is 0 Å². The fourth-order valence-electron chi connectivity index (χ4n) is 3.26. The van der Waals surface area contributed by atoms with Gasteiger partial charge in [0, 0.05) is 11.4 Å². The average Bonchev–Trinajstić information content (AvgIpc) is 3.44. The zero-order chi connectivity index (χ0) is 24.1. The summed E-state index contributed by atoms with van der Waals surface area (Å²) in [6.45, 7) is 5.46. The van der Waals surface area contributed by atoms with E-state index < -0.39 is 5.97 Å². The third kappa shape index (κ3) is 5.37. The minimum absolute atomic E-state index is 0.131. The molecule has 9 heteroatoms. The first-order valence-electron chi connectivity index (χ1n) is 10.7. The van der Waals surface area contributed by atoms with E-state index in [4.69, 9.17) is 9.15 Å². The van der Waals surface area contributed by atoms with Crippen molar-refractivity contribution in [2.24, 2.45) is 0 Å². The summed E-state index contributed by atoms with van der Waals surface area (Å²) in [5.41, 5.74) is 2.74. The molecule has 174 valence electrons.